The number of hydrogen-bond donors (Lipinski definition) is 1. The molecule has 2 nitrogen and oxygen atoms in total. The Balaban J connectivity index is 1.58. The van der Waals surface area contributed by atoms with Gasteiger partial charge in [-0.05, 0) is 39.2 Å². The Morgan fingerprint density at radius 2 is 0.929 bits per heavy atom. The Morgan fingerprint density at radius 1 is 0.452 bits per heavy atom. The molecule has 0 saturated carbocycles. The second kappa shape index (κ2) is 11.2. The van der Waals surface area contributed by atoms with Gasteiger partial charge in [-0.25, -0.2) is 0 Å². The summed E-state index contributed by atoms with van der Waals surface area (Å²) in [6, 6.07) is 55.9. The smallest absolute Gasteiger partial charge is 0.171 e. The monoisotopic (exact) mass is 559 g/mol. The maximum absolute atomic E-state index is 15.9. The molecule has 0 heterocycles. The average Bonchev–Trinajstić information content (AvgIpc) is 3.07. The van der Waals surface area contributed by atoms with Crippen LogP contribution in [0.1, 0.15) is 5.56 Å². The third kappa shape index (κ3) is 4.61. The minimum atomic E-state index is -3.29. The minimum Gasteiger partial charge on any atom is -0.380 e. The number of hydrogen-bond acceptors (Lipinski definition) is 2. The number of benzene rings is 7. The maximum Gasteiger partial charge on any atom is 0.171 e. The lowest BCUT2D eigenvalue weighted by Crippen LogP contribution is -2.26. The summed E-state index contributed by atoms with van der Waals surface area (Å²) in [5, 5.41) is 10.7. The highest BCUT2D eigenvalue weighted by Crippen LogP contribution is 2.49. The van der Waals surface area contributed by atoms with Crippen molar-refractivity contribution >= 4 is 50.3 Å². The molecule has 202 valence electrons. The van der Waals surface area contributed by atoms with Crippen LogP contribution in [0.5, 0.6) is 0 Å². The average molecular weight is 560 g/mol. The van der Waals surface area contributed by atoms with Crippen LogP contribution in [0.4, 0.5) is 5.69 Å². The van der Waals surface area contributed by atoms with E-state index in [1.165, 1.54) is 5.56 Å². The quantitative estimate of drug-likeness (QED) is 0.198. The molecule has 7 aromatic carbocycles. The van der Waals surface area contributed by atoms with E-state index in [4.69, 9.17) is 0 Å². The van der Waals surface area contributed by atoms with Crippen LogP contribution in [0.15, 0.2) is 164 Å². The molecule has 0 aliphatic heterocycles. The van der Waals surface area contributed by atoms with Crippen LogP contribution in [0.2, 0.25) is 0 Å². The van der Waals surface area contributed by atoms with Crippen molar-refractivity contribution in [3.05, 3.63) is 169 Å². The van der Waals surface area contributed by atoms with Gasteiger partial charge in [0.05, 0.1) is 0 Å². The molecule has 1 N–H and O–H groups in total. The number of fused-ring (bicyclic) bond motifs is 2. The lowest BCUT2D eigenvalue weighted by Gasteiger charge is -2.26. The van der Waals surface area contributed by atoms with E-state index in [0.717, 1.165) is 54.3 Å². The predicted molar refractivity (Wildman–Crippen MR) is 180 cm³/mol. The predicted octanol–water partition coefficient (Wildman–Crippen LogP) is 8.91. The number of rotatable bonds is 7. The van der Waals surface area contributed by atoms with Crippen molar-refractivity contribution in [1.82, 2.24) is 0 Å². The van der Waals surface area contributed by atoms with E-state index < -0.39 is 7.14 Å². The van der Waals surface area contributed by atoms with Crippen LogP contribution < -0.4 is 21.2 Å². The van der Waals surface area contributed by atoms with Gasteiger partial charge in [0.2, 0.25) is 0 Å². The zero-order valence-electron chi connectivity index (χ0n) is 23.2. The number of anilines is 1. The Bertz CT molecular complexity index is 2010. The highest BCUT2D eigenvalue weighted by atomic mass is 31.2. The molecule has 0 unspecified atom stereocenters. The van der Waals surface area contributed by atoms with Gasteiger partial charge in [0.25, 0.3) is 0 Å². The van der Waals surface area contributed by atoms with Crippen LogP contribution in [-0.4, -0.2) is 0 Å². The molecule has 0 radical (unpaired) electrons. The third-order valence-electron chi connectivity index (χ3n) is 7.99. The second-order valence-electron chi connectivity index (χ2n) is 10.5. The van der Waals surface area contributed by atoms with E-state index in [9.17, 15) is 0 Å². The van der Waals surface area contributed by atoms with E-state index >= 15 is 4.57 Å². The van der Waals surface area contributed by atoms with Crippen molar-refractivity contribution < 1.29 is 4.57 Å². The molecule has 3 heteroatoms. The number of nitrogens with one attached hydrogen (secondary N) is 1. The first-order valence-electron chi connectivity index (χ1n) is 14.3. The molecule has 0 atom stereocenters. The van der Waals surface area contributed by atoms with Crippen LogP contribution in [-0.2, 0) is 11.1 Å². The van der Waals surface area contributed by atoms with Gasteiger partial charge in [0, 0.05) is 39.3 Å². The maximum atomic E-state index is 15.9. The lowest BCUT2D eigenvalue weighted by molar-refractivity contribution is 0.592. The van der Waals surface area contributed by atoms with Crippen molar-refractivity contribution in [1.29, 1.82) is 0 Å². The first-order chi connectivity index (χ1) is 20.7. The van der Waals surface area contributed by atoms with E-state index in [2.05, 4.69) is 102 Å². The normalized spacial score (nSPS) is 11.5. The van der Waals surface area contributed by atoms with Crippen LogP contribution in [0.3, 0.4) is 0 Å². The molecule has 0 spiro atoms. The summed E-state index contributed by atoms with van der Waals surface area (Å²) in [5.41, 5.74) is 4.30. The summed E-state index contributed by atoms with van der Waals surface area (Å²) in [5.74, 6) is 0. The summed E-state index contributed by atoms with van der Waals surface area (Å²) in [6.45, 7) is 0.682. The molecule has 0 saturated heterocycles. The van der Waals surface area contributed by atoms with Crippen molar-refractivity contribution in [3.8, 4) is 11.1 Å². The summed E-state index contributed by atoms with van der Waals surface area (Å²) in [7, 11) is -3.29. The second-order valence-corrected chi connectivity index (χ2v) is 13.2. The zero-order chi connectivity index (χ0) is 28.4. The Morgan fingerprint density at radius 3 is 1.52 bits per heavy atom. The van der Waals surface area contributed by atoms with Crippen LogP contribution in [0.25, 0.3) is 32.7 Å². The first kappa shape index (κ1) is 26.0. The molecule has 0 aliphatic rings. The summed E-state index contributed by atoms with van der Waals surface area (Å²) < 4.78 is 15.9. The molecule has 42 heavy (non-hydrogen) atoms. The minimum absolute atomic E-state index is 0.682. The van der Waals surface area contributed by atoms with Crippen LogP contribution in [0, 0.1) is 0 Å². The summed E-state index contributed by atoms with van der Waals surface area (Å²) in [4.78, 5) is 0. The van der Waals surface area contributed by atoms with Crippen LogP contribution >= 0.6 is 7.14 Å². The van der Waals surface area contributed by atoms with E-state index in [1.807, 2.05) is 66.7 Å². The third-order valence-corrected chi connectivity index (χ3v) is 11.1. The molecule has 0 aromatic heterocycles. The van der Waals surface area contributed by atoms with Gasteiger partial charge >= 0.3 is 0 Å². The molecule has 7 aromatic rings. The first-order valence-corrected chi connectivity index (χ1v) is 16.0. The Kier molecular flexibility index (Phi) is 6.92. The fourth-order valence-corrected chi connectivity index (χ4v) is 8.84. The summed E-state index contributed by atoms with van der Waals surface area (Å²) >= 11 is 0. The Labute approximate surface area is 246 Å². The van der Waals surface area contributed by atoms with E-state index in [1.54, 1.807) is 0 Å². The van der Waals surface area contributed by atoms with E-state index in [0.29, 0.717) is 6.54 Å². The van der Waals surface area contributed by atoms with Gasteiger partial charge in [0.15, 0.2) is 7.14 Å². The standard InChI is InChI=1S/C39H30NOP/c41-42(32-18-6-2-7-19-32,33-20-8-3-9-21-33)37-27-25-31-17-11-13-23-35(31)39(37)38-34-22-12-10-16-30(34)24-26-36(38)40-28-29-14-4-1-5-15-29/h1-27,40H,28H2. The zero-order valence-corrected chi connectivity index (χ0v) is 24.0. The van der Waals surface area contributed by atoms with Crippen molar-refractivity contribution in [3.63, 3.8) is 0 Å². The SMILES string of the molecule is O=P(c1ccccc1)(c1ccccc1)c1ccc2ccccc2c1-c1c(NCc2ccccc2)ccc2ccccc12. The largest absolute Gasteiger partial charge is 0.380 e. The van der Waals surface area contributed by atoms with Crippen molar-refractivity contribution in [2.24, 2.45) is 0 Å². The van der Waals surface area contributed by atoms with Gasteiger partial charge < -0.3 is 9.88 Å². The van der Waals surface area contributed by atoms with Gasteiger partial charge in [-0.1, -0.05) is 152 Å². The molecule has 0 aliphatic carbocycles. The topological polar surface area (TPSA) is 29.1 Å². The van der Waals surface area contributed by atoms with Gasteiger partial charge in [0.1, 0.15) is 0 Å². The fraction of sp³-hybridized carbons (Fsp3) is 0.0256. The van der Waals surface area contributed by atoms with Crippen molar-refractivity contribution in [2.45, 2.75) is 6.54 Å². The van der Waals surface area contributed by atoms with Gasteiger partial charge in [-0.2, -0.15) is 0 Å². The summed E-state index contributed by atoms with van der Waals surface area (Å²) in [6.07, 6.45) is 0. The van der Waals surface area contributed by atoms with E-state index in [-0.39, 0.29) is 0 Å². The van der Waals surface area contributed by atoms with Gasteiger partial charge in [-0.15, -0.1) is 0 Å². The molecule has 0 bridgehead atoms. The van der Waals surface area contributed by atoms with Crippen molar-refractivity contribution in [2.75, 3.05) is 5.32 Å². The molecule has 0 amide bonds. The molecular weight excluding hydrogens is 529 g/mol. The van der Waals surface area contributed by atoms with Gasteiger partial charge in [-0.3, -0.25) is 0 Å². The molecule has 0 fully saturated rings. The lowest BCUT2D eigenvalue weighted by atomic mass is 9.92. The highest BCUT2D eigenvalue weighted by molar-refractivity contribution is 7.85. The Hall–Kier alpha value is -4.91. The molecule has 7 rings (SSSR count). The molecular formula is C39H30NOP. The highest BCUT2D eigenvalue weighted by Gasteiger charge is 2.34. The fourth-order valence-electron chi connectivity index (χ4n) is 5.97.